The van der Waals surface area contributed by atoms with E-state index in [0.717, 1.165) is 25.1 Å². The van der Waals surface area contributed by atoms with E-state index in [1.807, 2.05) is 13.0 Å². The molecule has 1 heterocycles. The van der Waals surface area contributed by atoms with E-state index >= 15 is 0 Å². The van der Waals surface area contributed by atoms with Crippen molar-refractivity contribution in [2.24, 2.45) is 0 Å². The molecule has 0 aromatic heterocycles. The zero-order valence-corrected chi connectivity index (χ0v) is 15.3. The van der Waals surface area contributed by atoms with Crippen LogP contribution in [0.25, 0.3) is 0 Å². The number of sulfonamides is 1. The number of rotatable bonds is 6. The second-order valence-electron chi connectivity index (χ2n) is 6.42. The average Bonchev–Trinajstić information content (AvgIpc) is 2.50. The first kappa shape index (κ1) is 18.4. The summed E-state index contributed by atoms with van der Waals surface area (Å²) in [5, 5.41) is 0. The van der Waals surface area contributed by atoms with Gasteiger partial charge in [0.2, 0.25) is 10.0 Å². The normalized spacial score (nSPS) is 24.0. The SMILES string of the molecule is COCCCN1C(C)CN(S(=O)(=O)c2cccc(C)c2)CC1C. The van der Waals surface area contributed by atoms with Crippen LogP contribution in [0.15, 0.2) is 29.2 Å². The Morgan fingerprint density at radius 1 is 1.22 bits per heavy atom. The second kappa shape index (κ2) is 7.75. The molecule has 0 spiro atoms. The summed E-state index contributed by atoms with van der Waals surface area (Å²) < 4.78 is 32.5. The third-order valence-electron chi connectivity index (χ3n) is 4.46. The van der Waals surface area contributed by atoms with Crippen LogP contribution in [-0.2, 0) is 14.8 Å². The fraction of sp³-hybridized carbons (Fsp3) is 0.647. The minimum Gasteiger partial charge on any atom is -0.385 e. The van der Waals surface area contributed by atoms with Crippen LogP contribution in [0, 0.1) is 6.92 Å². The van der Waals surface area contributed by atoms with Gasteiger partial charge in [-0.3, -0.25) is 4.90 Å². The fourth-order valence-electron chi connectivity index (χ4n) is 3.26. The molecule has 1 saturated heterocycles. The largest absolute Gasteiger partial charge is 0.385 e. The summed E-state index contributed by atoms with van der Waals surface area (Å²) in [6, 6.07) is 7.55. The van der Waals surface area contributed by atoms with Crippen molar-refractivity contribution in [1.29, 1.82) is 0 Å². The lowest BCUT2D eigenvalue weighted by Gasteiger charge is -2.43. The van der Waals surface area contributed by atoms with Gasteiger partial charge in [-0.25, -0.2) is 8.42 Å². The van der Waals surface area contributed by atoms with Gasteiger partial charge in [0.1, 0.15) is 0 Å². The molecule has 0 radical (unpaired) electrons. The van der Waals surface area contributed by atoms with Crippen molar-refractivity contribution in [1.82, 2.24) is 9.21 Å². The first-order valence-corrected chi connectivity index (χ1v) is 9.61. The van der Waals surface area contributed by atoms with E-state index in [9.17, 15) is 8.42 Å². The van der Waals surface area contributed by atoms with E-state index in [1.165, 1.54) is 0 Å². The summed E-state index contributed by atoms with van der Waals surface area (Å²) in [4.78, 5) is 2.77. The van der Waals surface area contributed by atoms with E-state index in [1.54, 1.807) is 29.6 Å². The smallest absolute Gasteiger partial charge is 0.243 e. The Hall–Kier alpha value is -0.950. The van der Waals surface area contributed by atoms with Crippen molar-refractivity contribution < 1.29 is 13.2 Å². The third-order valence-corrected chi connectivity index (χ3v) is 6.29. The van der Waals surface area contributed by atoms with Crippen LogP contribution in [0.1, 0.15) is 25.8 Å². The minimum absolute atomic E-state index is 0.204. The number of piperazine rings is 1. The minimum atomic E-state index is -3.42. The van der Waals surface area contributed by atoms with Crippen LogP contribution in [0.2, 0.25) is 0 Å². The highest BCUT2D eigenvalue weighted by atomic mass is 32.2. The molecule has 1 aliphatic heterocycles. The Morgan fingerprint density at radius 2 is 1.87 bits per heavy atom. The summed E-state index contributed by atoms with van der Waals surface area (Å²) in [5.41, 5.74) is 0.963. The lowest BCUT2D eigenvalue weighted by Crippen LogP contribution is -2.58. The van der Waals surface area contributed by atoms with Gasteiger partial charge < -0.3 is 4.74 Å². The number of benzene rings is 1. The molecule has 0 amide bonds. The first-order valence-electron chi connectivity index (χ1n) is 8.17. The maximum atomic E-state index is 12.9. The van der Waals surface area contributed by atoms with E-state index in [4.69, 9.17) is 4.74 Å². The van der Waals surface area contributed by atoms with Crippen LogP contribution in [0.3, 0.4) is 0 Å². The summed E-state index contributed by atoms with van der Waals surface area (Å²) in [7, 11) is -1.71. The molecule has 2 rings (SSSR count). The van der Waals surface area contributed by atoms with E-state index in [-0.39, 0.29) is 12.1 Å². The van der Waals surface area contributed by atoms with Crippen LogP contribution in [-0.4, -0.2) is 63.1 Å². The number of aryl methyl sites for hydroxylation is 1. The van der Waals surface area contributed by atoms with Gasteiger partial charge in [0.05, 0.1) is 4.90 Å². The summed E-state index contributed by atoms with van der Waals surface area (Å²) in [6.07, 6.45) is 0.968. The highest BCUT2D eigenvalue weighted by Gasteiger charge is 2.35. The fourth-order valence-corrected chi connectivity index (χ4v) is 4.97. The van der Waals surface area contributed by atoms with E-state index in [0.29, 0.717) is 18.0 Å². The van der Waals surface area contributed by atoms with Gasteiger partial charge in [0.15, 0.2) is 0 Å². The Labute approximate surface area is 140 Å². The molecule has 2 unspecified atom stereocenters. The molecule has 1 aromatic carbocycles. The number of nitrogens with zero attached hydrogens (tertiary/aromatic N) is 2. The summed E-state index contributed by atoms with van der Waals surface area (Å²) >= 11 is 0. The van der Waals surface area contributed by atoms with Crippen molar-refractivity contribution in [2.75, 3.05) is 33.4 Å². The molecule has 0 bridgehead atoms. The van der Waals surface area contributed by atoms with Gasteiger partial charge in [-0.15, -0.1) is 0 Å². The molecule has 0 N–H and O–H groups in total. The number of ether oxygens (including phenoxy) is 1. The van der Waals surface area contributed by atoms with Gasteiger partial charge in [-0.05, 0) is 44.9 Å². The number of hydrogen-bond acceptors (Lipinski definition) is 4. The predicted molar refractivity (Wildman–Crippen MR) is 92.1 cm³/mol. The van der Waals surface area contributed by atoms with Crippen molar-refractivity contribution in [3.63, 3.8) is 0 Å². The molecule has 130 valence electrons. The quantitative estimate of drug-likeness (QED) is 0.744. The monoisotopic (exact) mass is 340 g/mol. The van der Waals surface area contributed by atoms with Gasteiger partial charge >= 0.3 is 0 Å². The zero-order chi connectivity index (χ0) is 17.0. The van der Waals surface area contributed by atoms with Gasteiger partial charge in [0, 0.05) is 45.4 Å². The maximum absolute atomic E-state index is 12.9. The predicted octanol–water partition coefficient (Wildman–Crippen LogP) is 2.11. The Kier molecular flexibility index (Phi) is 6.19. The van der Waals surface area contributed by atoms with Crippen molar-refractivity contribution >= 4 is 10.0 Å². The lowest BCUT2D eigenvalue weighted by molar-refractivity contribution is 0.0666. The molecule has 0 aliphatic carbocycles. The van der Waals surface area contributed by atoms with Crippen molar-refractivity contribution in [3.05, 3.63) is 29.8 Å². The Bertz CT molecular complexity index is 606. The maximum Gasteiger partial charge on any atom is 0.243 e. The van der Waals surface area contributed by atoms with Crippen LogP contribution in [0.5, 0.6) is 0 Å². The lowest BCUT2D eigenvalue weighted by atomic mass is 10.1. The molecule has 1 aromatic rings. The molecular weight excluding hydrogens is 312 g/mol. The zero-order valence-electron chi connectivity index (χ0n) is 14.5. The molecule has 6 heteroatoms. The topological polar surface area (TPSA) is 49.9 Å². The number of methoxy groups -OCH3 is 1. The third kappa shape index (κ3) is 4.32. The molecule has 1 aliphatic rings. The van der Waals surface area contributed by atoms with Gasteiger partial charge in [0.25, 0.3) is 0 Å². The van der Waals surface area contributed by atoms with Gasteiger partial charge in [-0.2, -0.15) is 4.31 Å². The van der Waals surface area contributed by atoms with E-state index in [2.05, 4.69) is 18.7 Å². The highest BCUT2D eigenvalue weighted by molar-refractivity contribution is 7.89. The van der Waals surface area contributed by atoms with E-state index < -0.39 is 10.0 Å². The Morgan fingerprint density at radius 3 is 2.43 bits per heavy atom. The second-order valence-corrected chi connectivity index (χ2v) is 8.36. The van der Waals surface area contributed by atoms with Gasteiger partial charge in [-0.1, -0.05) is 12.1 Å². The molecule has 5 nitrogen and oxygen atoms in total. The Balaban J connectivity index is 2.11. The van der Waals surface area contributed by atoms with Crippen molar-refractivity contribution in [2.45, 2.75) is 44.2 Å². The van der Waals surface area contributed by atoms with Crippen molar-refractivity contribution in [3.8, 4) is 0 Å². The molecule has 0 saturated carbocycles. The van der Waals surface area contributed by atoms with Crippen LogP contribution in [0.4, 0.5) is 0 Å². The standard InChI is InChI=1S/C17H28N2O3S/c1-14-7-5-8-17(11-14)23(20,21)18-12-15(2)19(16(3)13-18)9-6-10-22-4/h5,7-8,11,15-16H,6,9-10,12-13H2,1-4H3. The summed E-state index contributed by atoms with van der Waals surface area (Å²) in [6.45, 7) is 8.86. The first-order chi connectivity index (χ1) is 10.9. The van der Waals surface area contributed by atoms with Crippen LogP contribution >= 0.6 is 0 Å². The average molecular weight is 340 g/mol. The molecule has 1 fully saturated rings. The summed E-state index contributed by atoms with van der Waals surface area (Å²) in [5.74, 6) is 0. The molecule has 23 heavy (non-hydrogen) atoms. The molecule has 2 atom stereocenters. The highest BCUT2D eigenvalue weighted by Crippen LogP contribution is 2.23. The molecular formula is C17H28N2O3S. The van der Waals surface area contributed by atoms with Crippen LogP contribution < -0.4 is 0 Å². The number of hydrogen-bond donors (Lipinski definition) is 0.